The molecule has 0 spiro atoms. The van der Waals surface area contributed by atoms with Crippen LogP contribution in [0.2, 0.25) is 0 Å². The molecular formula is C18H26N4O3S. The number of amides is 2. The predicted octanol–water partition coefficient (Wildman–Crippen LogP) is 1.98. The van der Waals surface area contributed by atoms with Crippen LogP contribution < -0.4 is 15.8 Å². The van der Waals surface area contributed by atoms with Crippen molar-refractivity contribution in [2.45, 2.75) is 27.7 Å². The maximum absolute atomic E-state index is 12.4. The van der Waals surface area contributed by atoms with Gasteiger partial charge < -0.3 is 9.64 Å². The molecule has 8 heteroatoms. The molecule has 1 aliphatic heterocycles. The van der Waals surface area contributed by atoms with Crippen LogP contribution in [0.5, 0.6) is 0 Å². The largest absolute Gasteiger partial charge is 0.378 e. The summed E-state index contributed by atoms with van der Waals surface area (Å²) in [4.78, 5) is 31.1. The Morgan fingerprint density at radius 1 is 1.31 bits per heavy atom. The molecule has 3 rings (SSSR count). The van der Waals surface area contributed by atoms with Crippen molar-refractivity contribution in [1.82, 2.24) is 15.8 Å². The number of aromatic nitrogens is 1. The number of anilines is 1. The number of nitrogens with zero attached hydrogens (tertiary/aromatic N) is 2. The lowest BCUT2D eigenvalue weighted by Crippen LogP contribution is -2.43. The van der Waals surface area contributed by atoms with E-state index in [1.54, 1.807) is 5.38 Å². The third kappa shape index (κ3) is 3.91. The number of morpholine rings is 1. The van der Waals surface area contributed by atoms with E-state index in [2.05, 4.69) is 40.7 Å². The molecule has 2 fully saturated rings. The van der Waals surface area contributed by atoms with Gasteiger partial charge in [-0.25, -0.2) is 4.98 Å². The van der Waals surface area contributed by atoms with Crippen LogP contribution in [0.25, 0.3) is 0 Å². The normalized spacial score (nSPS) is 23.9. The quantitative estimate of drug-likeness (QED) is 0.618. The number of carbonyl (C=O) groups is 2. The van der Waals surface area contributed by atoms with Gasteiger partial charge in [0, 0.05) is 18.5 Å². The van der Waals surface area contributed by atoms with Crippen molar-refractivity contribution >= 4 is 28.3 Å². The molecule has 26 heavy (non-hydrogen) atoms. The first-order chi connectivity index (χ1) is 12.3. The zero-order valence-corrected chi connectivity index (χ0v) is 16.5. The summed E-state index contributed by atoms with van der Waals surface area (Å²) in [5.74, 6) is -0.477. The summed E-state index contributed by atoms with van der Waals surface area (Å²) in [6.45, 7) is 11.1. The predicted molar refractivity (Wildman–Crippen MR) is 101 cm³/mol. The van der Waals surface area contributed by atoms with Crippen LogP contribution >= 0.6 is 11.3 Å². The average Bonchev–Trinajstić information content (AvgIpc) is 2.98. The Morgan fingerprint density at radius 2 is 2.00 bits per heavy atom. The Hall–Kier alpha value is -1.93. The Balaban J connectivity index is 1.54. The molecule has 2 heterocycles. The van der Waals surface area contributed by atoms with E-state index in [9.17, 15) is 9.59 Å². The Kier molecular flexibility index (Phi) is 5.34. The molecule has 0 aromatic carbocycles. The lowest BCUT2D eigenvalue weighted by atomic mass is 10.1. The maximum atomic E-state index is 12.4. The SMILES string of the molecule is CC(C)=CC1C(C(=O)NNC(=O)c2csc(N3CCOCC3)n2)C1(C)C. The minimum absolute atomic E-state index is 0.0871. The Labute approximate surface area is 157 Å². The van der Waals surface area contributed by atoms with Gasteiger partial charge in [0.15, 0.2) is 5.13 Å². The fraction of sp³-hybridized carbons (Fsp3) is 0.611. The fourth-order valence-corrected chi connectivity index (χ4v) is 4.24. The molecular weight excluding hydrogens is 352 g/mol. The lowest BCUT2D eigenvalue weighted by molar-refractivity contribution is -0.123. The second-order valence-electron chi connectivity index (χ2n) is 7.63. The highest BCUT2D eigenvalue weighted by Gasteiger charge is 2.60. The van der Waals surface area contributed by atoms with Gasteiger partial charge in [0.2, 0.25) is 5.91 Å². The minimum atomic E-state index is -0.397. The van der Waals surface area contributed by atoms with Crippen molar-refractivity contribution in [2.24, 2.45) is 17.3 Å². The van der Waals surface area contributed by atoms with Crippen LogP contribution in [0.3, 0.4) is 0 Å². The number of hydrogen-bond acceptors (Lipinski definition) is 6. The number of nitrogens with one attached hydrogen (secondary N) is 2. The summed E-state index contributed by atoms with van der Waals surface area (Å²) < 4.78 is 5.32. The van der Waals surface area contributed by atoms with E-state index in [1.165, 1.54) is 16.9 Å². The van der Waals surface area contributed by atoms with Crippen molar-refractivity contribution in [3.8, 4) is 0 Å². The van der Waals surface area contributed by atoms with Gasteiger partial charge in [-0.3, -0.25) is 20.4 Å². The van der Waals surface area contributed by atoms with E-state index in [4.69, 9.17) is 4.74 Å². The second-order valence-corrected chi connectivity index (χ2v) is 8.46. The average molecular weight is 378 g/mol. The third-order valence-corrected chi connectivity index (χ3v) is 5.91. The van der Waals surface area contributed by atoms with Gasteiger partial charge in [0.25, 0.3) is 5.91 Å². The third-order valence-electron chi connectivity index (χ3n) is 5.01. The van der Waals surface area contributed by atoms with Gasteiger partial charge >= 0.3 is 0 Å². The summed E-state index contributed by atoms with van der Waals surface area (Å²) in [6, 6.07) is 0. The van der Waals surface area contributed by atoms with E-state index in [0.29, 0.717) is 18.9 Å². The van der Waals surface area contributed by atoms with Crippen molar-refractivity contribution < 1.29 is 14.3 Å². The molecule has 2 unspecified atom stereocenters. The Morgan fingerprint density at radius 3 is 2.65 bits per heavy atom. The van der Waals surface area contributed by atoms with E-state index in [1.807, 2.05) is 13.8 Å². The number of carbonyl (C=O) groups excluding carboxylic acids is 2. The molecule has 0 radical (unpaired) electrons. The van der Waals surface area contributed by atoms with E-state index in [-0.39, 0.29) is 23.2 Å². The fourth-order valence-electron chi connectivity index (χ4n) is 3.38. The topological polar surface area (TPSA) is 83.6 Å². The lowest BCUT2D eigenvalue weighted by Gasteiger charge is -2.25. The van der Waals surface area contributed by atoms with E-state index < -0.39 is 5.91 Å². The molecule has 1 aliphatic carbocycles. The molecule has 2 amide bonds. The van der Waals surface area contributed by atoms with Gasteiger partial charge in [-0.1, -0.05) is 25.5 Å². The first-order valence-electron chi connectivity index (χ1n) is 8.84. The monoisotopic (exact) mass is 378 g/mol. The standard InChI is InChI=1S/C18H26N4O3S/c1-11(2)9-12-14(18(12,3)4)16(24)21-20-15(23)13-10-26-17(19-13)22-5-7-25-8-6-22/h9-10,12,14H,5-8H2,1-4H3,(H,20,23)(H,21,24). The first-order valence-corrected chi connectivity index (χ1v) is 9.72. The zero-order valence-electron chi connectivity index (χ0n) is 15.7. The van der Waals surface area contributed by atoms with Gasteiger partial charge in [-0.2, -0.15) is 0 Å². The van der Waals surface area contributed by atoms with Gasteiger partial charge in [0.1, 0.15) is 5.69 Å². The maximum Gasteiger partial charge on any atom is 0.289 e. The van der Waals surface area contributed by atoms with Gasteiger partial charge in [-0.05, 0) is 25.2 Å². The van der Waals surface area contributed by atoms with Crippen LogP contribution in [-0.4, -0.2) is 43.1 Å². The van der Waals surface area contributed by atoms with E-state index in [0.717, 1.165) is 18.2 Å². The van der Waals surface area contributed by atoms with Gasteiger partial charge in [0.05, 0.1) is 19.1 Å². The number of allylic oxidation sites excluding steroid dienone is 2. The van der Waals surface area contributed by atoms with Crippen LogP contribution in [0.4, 0.5) is 5.13 Å². The summed E-state index contributed by atoms with van der Waals surface area (Å²) in [5, 5.41) is 2.51. The highest BCUT2D eigenvalue weighted by molar-refractivity contribution is 7.13. The molecule has 2 aliphatic rings. The second kappa shape index (κ2) is 7.36. The number of ether oxygens (including phenoxy) is 1. The van der Waals surface area contributed by atoms with Crippen LogP contribution in [0, 0.1) is 17.3 Å². The van der Waals surface area contributed by atoms with Crippen LogP contribution in [0.1, 0.15) is 38.2 Å². The molecule has 1 aromatic rings. The summed E-state index contributed by atoms with van der Waals surface area (Å²) >= 11 is 1.42. The van der Waals surface area contributed by atoms with E-state index >= 15 is 0 Å². The molecule has 1 saturated heterocycles. The van der Waals surface area contributed by atoms with Crippen molar-refractivity contribution in [3.05, 3.63) is 22.7 Å². The smallest absolute Gasteiger partial charge is 0.289 e. The molecule has 142 valence electrons. The zero-order chi connectivity index (χ0) is 18.9. The number of hydrazine groups is 1. The molecule has 2 N–H and O–H groups in total. The molecule has 0 bridgehead atoms. The summed E-state index contributed by atoms with van der Waals surface area (Å²) in [5.41, 5.74) is 6.46. The molecule has 7 nitrogen and oxygen atoms in total. The summed E-state index contributed by atoms with van der Waals surface area (Å²) in [6.07, 6.45) is 2.13. The first kappa shape index (κ1) is 18.8. The number of rotatable bonds is 4. The number of hydrogen-bond donors (Lipinski definition) is 2. The van der Waals surface area contributed by atoms with Crippen molar-refractivity contribution in [1.29, 1.82) is 0 Å². The highest BCUT2D eigenvalue weighted by atomic mass is 32.1. The molecule has 1 saturated carbocycles. The van der Waals surface area contributed by atoms with Crippen LogP contribution in [0.15, 0.2) is 17.0 Å². The summed E-state index contributed by atoms with van der Waals surface area (Å²) in [7, 11) is 0. The Bertz CT molecular complexity index is 718. The van der Waals surface area contributed by atoms with Crippen LogP contribution in [-0.2, 0) is 9.53 Å². The minimum Gasteiger partial charge on any atom is -0.378 e. The number of thiazole rings is 1. The highest BCUT2D eigenvalue weighted by Crippen LogP contribution is 2.59. The van der Waals surface area contributed by atoms with Crippen molar-refractivity contribution in [3.63, 3.8) is 0 Å². The van der Waals surface area contributed by atoms with Gasteiger partial charge in [-0.15, -0.1) is 11.3 Å². The van der Waals surface area contributed by atoms with Crippen molar-refractivity contribution in [2.75, 3.05) is 31.2 Å². The molecule has 2 atom stereocenters. The molecule has 1 aromatic heterocycles.